The Morgan fingerprint density at radius 3 is 2.91 bits per heavy atom. The molecule has 2 unspecified atom stereocenters. The molecule has 0 aromatic heterocycles. The summed E-state index contributed by atoms with van der Waals surface area (Å²) in [4.78, 5) is 0. The van der Waals surface area contributed by atoms with Crippen molar-refractivity contribution in [2.45, 2.75) is 33.1 Å². The van der Waals surface area contributed by atoms with Crippen LogP contribution in [-0.4, -0.2) is 0 Å². The molecular weight excluding hydrogens is 132 g/mol. The molecule has 0 heteroatoms. The van der Waals surface area contributed by atoms with Gasteiger partial charge >= 0.3 is 0 Å². The van der Waals surface area contributed by atoms with E-state index in [1.165, 1.54) is 19.3 Å². The van der Waals surface area contributed by atoms with Gasteiger partial charge in [0.1, 0.15) is 0 Å². The summed E-state index contributed by atoms with van der Waals surface area (Å²) in [7, 11) is 0. The van der Waals surface area contributed by atoms with E-state index in [4.69, 9.17) is 0 Å². The maximum Gasteiger partial charge on any atom is -0.0233 e. The summed E-state index contributed by atoms with van der Waals surface area (Å²) in [6, 6.07) is 0. The van der Waals surface area contributed by atoms with Crippen molar-refractivity contribution in [3.05, 3.63) is 24.3 Å². The monoisotopic (exact) mass is 150 g/mol. The van der Waals surface area contributed by atoms with Crippen molar-refractivity contribution < 1.29 is 0 Å². The van der Waals surface area contributed by atoms with E-state index >= 15 is 0 Å². The predicted molar refractivity (Wildman–Crippen MR) is 50.5 cm³/mol. The predicted octanol–water partition coefficient (Wildman–Crippen LogP) is 3.55. The standard InChI is InChI=1S/C11H18/c1-4-10(3)11-7-5-9(2)6-8-11/h4-5,10-11H,1,6-8H2,2-3H3. The first kappa shape index (κ1) is 8.58. The van der Waals surface area contributed by atoms with Crippen LogP contribution in [-0.2, 0) is 0 Å². The molecule has 1 aliphatic carbocycles. The Labute approximate surface area is 70.0 Å². The van der Waals surface area contributed by atoms with Gasteiger partial charge in [0.25, 0.3) is 0 Å². The minimum absolute atomic E-state index is 0.694. The second-order valence-corrected chi connectivity index (χ2v) is 3.68. The maximum absolute atomic E-state index is 3.83. The maximum atomic E-state index is 3.83. The van der Waals surface area contributed by atoms with Gasteiger partial charge in [-0.3, -0.25) is 0 Å². The molecule has 0 saturated heterocycles. The average Bonchev–Trinajstić information content (AvgIpc) is 2.05. The highest BCUT2D eigenvalue weighted by atomic mass is 14.2. The topological polar surface area (TPSA) is 0 Å². The second-order valence-electron chi connectivity index (χ2n) is 3.68. The number of hydrogen-bond acceptors (Lipinski definition) is 0. The molecule has 0 saturated carbocycles. The molecule has 1 rings (SSSR count). The minimum Gasteiger partial charge on any atom is -0.103 e. The molecular formula is C11H18. The van der Waals surface area contributed by atoms with Gasteiger partial charge in [0.2, 0.25) is 0 Å². The van der Waals surface area contributed by atoms with Crippen molar-refractivity contribution in [1.82, 2.24) is 0 Å². The van der Waals surface area contributed by atoms with Crippen molar-refractivity contribution in [3.8, 4) is 0 Å². The first-order valence-electron chi connectivity index (χ1n) is 4.52. The zero-order valence-electron chi connectivity index (χ0n) is 7.64. The lowest BCUT2D eigenvalue weighted by Gasteiger charge is -2.24. The summed E-state index contributed by atoms with van der Waals surface area (Å²) in [6.45, 7) is 8.34. The summed E-state index contributed by atoms with van der Waals surface area (Å²) in [6.07, 6.45) is 8.38. The summed E-state index contributed by atoms with van der Waals surface area (Å²) in [5, 5.41) is 0. The minimum atomic E-state index is 0.694. The van der Waals surface area contributed by atoms with Crippen molar-refractivity contribution in [2.24, 2.45) is 11.8 Å². The van der Waals surface area contributed by atoms with Crippen molar-refractivity contribution >= 4 is 0 Å². The summed E-state index contributed by atoms with van der Waals surface area (Å²) in [5.74, 6) is 1.55. The molecule has 0 fully saturated rings. The lowest BCUT2D eigenvalue weighted by atomic mass is 9.82. The molecule has 0 amide bonds. The number of allylic oxidation sites excluding steroid dienone is 3. The van der Waals surface area contributed by atoms with Gasteiger partial charge in [-0.2, -0.15) is 0 Å². The van der Waals surface area contributed by atoms with Gasteiger partial charge in [0.15, 0.2) is 0 Å². The lowest BCUT2D eigenvalue weighted by molar-refractivity contribution is 0.381. The third-order valence-electron chi connectivity index (χ3n) is 2.79. The normalized spacial score (nSPS) is 27.5. The number of rotatable bonds is 2. The quantitative estimate of drug-likeness (QED) is 0.528. The smallest absolute Gasteiger partial charge is 0.0233 e. The first-order valence-corrected chi connectivity index (χ1v) is 4.52. The van der Waals surface area contributed by atoms with Crippen LogP contribution >= 0.6 is 0 Å². The second kappa shape index (κ2) is 3.75. The Morgan fingerprint density at radius 2 is 2.45 bits per heavy atom. The third kappa shape index (κ3) is 2.21. The van der Waals surface area contributed by atoms with Crippen molar-refractivity contribution in [3.63, 3.8) is 0 Å². The van der Waals surface area contributed by atoms with Gasteiger partial charge in [-0.1, -0.05) is 24.6 Å². The Balaban J connectivity index is 2.46. The third-order valence-corrected chi connectivity index (χ3v) is 2.79. The van der Waals surface area contributed by atoms with Gasteiger partial charge in [0.05, 0.1) is 0 Å². The fourth-order valence-electron chi connectivity index (χ4n) is 1.66. The SMILES string of the molecule is C=CC(C)C1CC=C(C)CC1. The highest BCUT2D eigenvalue weighted by Crippen LogP contribution is 2.29. The van der Waals surface area contributed by atoms with Crippen LogP contribution in [0.5, 0.6) is 0 Å². The van der Waals surface area contributed by atoms with Crippen molar-refractivity contribution in [2.75, 3.05) is 0 Å². The Morgan fingerprint density at radius 1 is 1.73 bits per heavy atom. The van der Waals surface area contributed by atoms with Gasteiger partial charge < -0.3 is 0 Å². The van der Waals surface area contributed by atoms with Gasteiger partial charge in [-0.25, -0.2) is 0 Å². The van der Waals surface area contributed by atoms with Gasteiger partial charge in [0, 0.05) is 0 Å². The fourth-order valence-corrected chi connectivity index (χ4v) is 1.66. The molecule has 1 aliphatic rings. The van der Waals surface area contributed by atoms with E-state index in [1.807, 2.05) is 0 Å². The van der Waals surface area contributed by atoms with Crippen LogP contribution in [0.4, 0.5) is 0 Å². The summed E-state index contributed by atoms with van der Waals surface area (Å²) in [5.41, 5.74) is 1.57. The zero-order chi connectivity index (χ0) is 8.27. The van der Waals surface area contributed by atoms with Crippen LogP contribution in [0, 0.1) is 11.8 Å². The van der Waals surface area contributed by atoms with Crippen molar-refractivity contribution in [1.29, 1.82) is 0 Å². The van der Waals surface area contributed by atoms with Gasteiger partial charge in [-0.15, -0.1) is 6.58 Å². The van der Waals surface area contributed by atoms with Crippen LogP contribution in [0.15, 0.2) is 24.3 Å². The zero-order valence-corrected chi connectivity index (χ0v) is 7.64. The fraction of sp³-hybridized carbons (Fsp3) is 0.636. The molecule has 62 valence electrons. The lowest BCUT2D eigenvalue weighted by Crippen LogP contribution is -2.11. The van der Waals surface area contributed by atoms with Crippen LogP contribution < -0.4 is 0 Å². The van der Waals surface area contributed by atoms with E-state index in [9.17, 15) is 0 Å². The van der Waals surface area contributed by atoms with Crippen LogP contribution in [0.3, 0.4) is 0 Å². The van der Waals surface area contributed by atoms with E-state index < -0.39 is 0 Å². The molecule has 0 spiro atoms. The largest absolute Gasteiger partial charge is 0.103 e. The molecule has 0 aromatic rings. The molecule has 0 aliphatic heterocycles. The summed E-state index contributed by atoms with van der Waals surface area (Å²) < 4.78 is 0. The Hall–Kier alpha value is -0.520. The molecule has 2 atom stereocenters. The molecule has 0 N–H and O–H groups in total. The molecule has 0 heterocycles. The average molecular weight is 150 g/mol. The van der Waals surface area contributed by atoms with E-state index in [1.54, 1.807) is 5.57 Å². The Bertz CT molecular complexity index is 165. The van der Waals surface area contributed by atoms with E-state index in [-0.39, 0.29) is 0 Å². The first-order chi connectivity index (χ1) is 5.24. The molecule has 11 heavy (non-hydrogen) atoms. The molecule has 0 aromatic carbocycles. The highest BCUT2D eigenvalue weighted by Gasteiger charge is 2.16. The van der Waals surface area contributed by atoms with E-state index in [0.717, 1.165) is 5.92 Å². The molecule has 0 nitrogen and oxygen atoms in total. The molecule has 0 radical (unpaired) electrons. The van der Waals surface area contributed by atoms with Crippen LogP contribution in [0.1, 0.15) is 33.1 Å². The summed E-state index contributed by atoms with van der Waals surface area (Å²) >= 11 is 0. The van der Waals surface area contributed by atoms with Gasteiger partial charge in [-0.05, 0) is 38.0 Å². The Kier molecular flexibility index (Phi) is 2.92. The number of hydrogen-bond donors (Lipinski definition) is 0. The van der Waals surface area contributed by atoms with Crippen LogP contribution in [0.2, 0.25) is 0 Å². The molecule has 0 bridgehead atoms. The van der Waals surface area contributed by atoms with E-state index in [0.29, 0.717) is 5.92 Å². The van der Waals surface area contributed by atoms with E-state index in [2.05, 4.69) is 32.6 Å². The van der Waals surface area contributed by atoms with Crippen LogP contribution in [0.25, 0.3) is 0 Å². The highest BCUT2D eigenvalue weighted by molar-refractivity contribution is 5.04.